The lowest BCUT2D eigenvalue weighted by Crippen LogP contribution is -1.96. The molecule has 0 aliphatic heterocycles. The standard InChI is InChI=1S/C17H16N4OS/c1-2-22-15-10-6-9-14(11-15)16-19-20-17(23)21(16)18-12-13-7-4-3-5-8-13/h3-12H,2H2,1H3,(H,20,23)/b18-12+. The van der Waals surface area contributed by atoms with Gasteiger partial charge < -0.3 is 4.74 Å². The van der Waals surface area contributed by atoms with Crippen LogP contribution < -0.4 is 4.74 Å². The zero-order valence-electron chi connectivity index (χ0n) is 12.6. The first kappa shape index (κ1) is 15.2. The van der Waals surface area contributed by atoms with Crippen LogP contribution in [-0.2, 0) is 0 Å². The number of nitrogens with zero attached hydrogens (tertiary/aromatic N) is 3. The largest absolute Gasteiger partial charge is 0.494 e. The van der Waals surface area contributed by atoms with Crippen LogP contribution in [0.3, 0.4) is 0 Å². The van der Waals surface area contributed by atoms with Crippen molar-refractivity contribution in [1.82, 2.24) is 14.9 Å². The summed E-state index contributed by atoms with van der Waals surface area (Å²) < 4.78 is 7.58. The monoisotopic (exact) mass is 324 g/mol. The van der Waals surface area contributed by atoms with Gasteiger partial charge in [0.15, 0.2) is 5.82 Å². The summed E-state index contributed by atoms with van der Waals surface area (Å²) in [5.74, 6) is 1.43. The summed E-state index contributed by atoms with van der Waals surface area (Å²) in [5.41, 5.74) is 1.87. The summed E-state index contributed by atoms with van der Waals surface area (Å²) in [6, 6.07) is 17.5. The molecule has 5 nitrogen and oxygen atoms in total. The quantitative estimate of drug-likeness (QED) is 0.572. The summed E-state index contributed by atoms with van der Waals surface area (Å²) in [7, 11) is 0. The smallest absolute Gasteiger partial charge is 0.216 e. The summed E-state index contributed by atoms with van der Waals surface area (Å²) in [6.45, 7) is 2.56. The number of nitrogens with one attached hydrogen (secondary N) is 1. The van der Waals surface area contributed by atoms with Crippen molar-refractivity contribution in [3.05, 3.63) is 64.9 Å². The molecule has 0 aliphatic carbocycles. The van der Waals surface area contributed by atoms with Crippen molar-refractivity contribution in [1.29, 1.82) is 0 Å². The van der Waals surface area contributed by atoms with Gasteiger partial charge in [-0.1, -0.05) is 42.5 Å². The number of rotatable bonds is 5. The summed E-state index contributed by atoms with van der Waals surface area (Å²) in [6.07, 6.45) is 1.75. The summed E-state index contributed by atoms with van der Waals surface area (Å²) in [5, 5.41) is 11.5. The molecule has 2 aromatic carbocycles. The third-order valence-corrected chi connectivity index (χ3v) is 3.44. The van der Waals surface area contributed by atoms with E-state index in [2.05, 4.69) is 15.3 Å². The number of aromatic amines is 1. The second-order valence-corrected chi connectivity index (χ2v) is 5.17. The van der Waals surface area contributed by atoms with Gasteiger partial charge in [-0.3, -0.25) is 0 Å². The molecule has 3 rings (SSSR count). The molecule has 0 atom stereocenters. The number of aromatic nitrogens is 3. The molecule has 0 saturated heterocycles. The minimum absolute atomic E-state index is 0.439. The molecule has 0 saturated carbocycles. The minimum atomic E-state index is 0.439. The van der Waals surface area contributed by atoms with Crippen molar-refractivity contribution in [2.45, 2.75) is 6.92 Å². The first-order valence-electron chi connectivity index (χ1n) is 7.28. The van der Waals surface area contributed by atoms with Crippen molar-refractivity contribution in [3.63, 3.8) is 0 Å². The van der Waals surface area contributed by atoms with Gasteiger partial charge in [-0.15, -0.1) is 0 Å². The zero-order valence-corrected chi connectivity index (χ0v) is 13.5. The van der Waals surface area contributed by atoms with Crippen LogP contribution in [0.25, 0.3) is 11.4 Å². The number of ether oxygens (including phenoxy) is 1. The Labute approximate surface area is 139 Å². The molecular formula is C17H16N4OS. The van der Waals surface area contributed by atoms with Crippen molar-refractivity contribution in [3.8, 4) is 17.1 Å². The number of hydrogen-bond donors (Lipinski definition) is 1. The van der Waals surface area contributed by atoms with Gasteiger partial charge in [-0.2, -0.15) is 14.9 Å². The normalized spacial score (nSPS) is 11.0. The van der Waals surface area contributed by atoms with Crippen LogP contribution in [0, 0.1) is 4.77 Å². The predicted molar refractivity (Wildman–Crippen MR) is 93.5 cm³/mol. The van der Waals surface area contributed by atoms with Gasteiger partial charge in [0.1, 0.15) is 5.75 Å². The van der Waals surface area contributed by atoms with Gasteiger partial charge >= 0.3 is 0 Å². The van der Waals surface area contributed by atoms with Gasteiger partial charge in [0.05, 0.1) is 12.8 Å². The molecule has 0 amide bonds. The Balaban J connectivity index is 1.97. The van der Waals surface area contributed by atoms with Crippen LogP contribution in [-0.4, -0.2) is 27.7 Å². The molecule has 1 aromatic heterocycles. The van der Waals surface area contributed by atoms with E-state index in [4.69, 9.17) is 17.0 Å². The minimum Gasteiger partial charge on any atom is -0.494 e. The van der Waals surface area contributed by atoms with Gasteiger partial charge in [-0.05, 0) is 36.8 Å². The van der Waals surface area contributed by atoms with Gasteiger partial charge in [0, 0.05) is 5.56 Å². The molecule has 0 fully saturated rings. The molecule has 1 N–H and O–H groups in total. The topological polar surface area (TPSA) is 55.2 Å². The van der Waals surface area contributed by atoms with E-state index in [0.29, 0.717) is 17.2 Å². The van der Waals surface area contributed by atoms with Crippen LogP contribution >= 0.6 is 12.2 Å². The second-order valence-electron chi connectivity index (χ2n) is 4.78. The summed E-state index contributed by atoms with van der Waals surface area (Å²) >= 11 is 5.27. The Morgan fingerprint density at radius 2 is 2.04 bits per heavy atom. The van der Waals surface area contributed by atoms with E-state index in [-0.39, 0.29) is 0 Å². The van der Waals surface area contributed by atoms with E-state index in [1.54, 1.807) is 10.9 Å². The first-order chi connectivity index (χ1) is 11.3. The van der Waals surface area contributed by atoms with Crippen LogP contribution in [0.1, 0.15) is 12.5 Å². The van der Waals surface area contributed by atoms with Crippen molar-refractivity contribution in [2.75, 3.05) is 6.61 Å². The molecular weight excluding hydrogens is 308 g/mol. The fourth-order valence-corrected chi connectivity index (χ4v) is 2.32. The highest BCUT2D eigenvalue weighted by molar-refractivity contribution is 7.71. The van der Waals surface area contributed by atoms with Crippen LogP contribution in [0.2, 0.25) is 0 Å². The highest BCUT2D eigenvalue weighted by Gasteiger charge is 2.09. The molecule has 0 radical (unpaired) electrons. The van der Waals surface area contributed by atoms with Gasteiger partial charge in [0.25, 0.3) is 0 Å². The Morgan fingerprint density at radius 1 is 1.22 bits per heavy atom. The Bertz CT molecular complexity index is 868. The van der Waals surface area contributed by atoms with E-state index < -0.39 is 0 Å². The molecule has 0 spiro atoms. The number of hydrogen-bond acceptors (Lipinski definition) is 4. The van der Waals surface area contributed by atoms with Crippen LogP contribution in [0.15, 0.2) is 59.7 Å². The fourth-order valence-electron chi connectivity index (χ4n) is 2.14. The average Bonchev–Trinajstić information content (AvgIpc) is 2.95. The first-order valence-corrected chi connectivity index (χ1v) is 7.69. The maximum absolute atomic E-state index is 5.53. The molecule has 0 unspecified atom stereocenters. The maximum atomic E-state index is 5.53. The SMILES string of the molecule is CCOc1cccc(-c2n[nH]c(=S)n2/N=C/c2ccccc2)c1. The Hall–Kier alpha value is -2.73. The molecule has 3 aromatic rings. The summed E-state index contributed by atoms with van der Waals surface area (Å²) in [4.78, 5) is 0. The third-order valence-electron chi connectivity index (χ3n) is 3.18. The molecule has 23 heavy (non-hydrogen) atoms. The molecule has 0 bridgehead atoms. The fraction of sp³-hybridized carbons (Fsp3) is 0.118. The molecule has 0 aliphatic rings. The van der Waals surface area contributed by atoms with E-state index in [1.165, 1.54) is 0 Å². The zero-order chi connectivity index (χ0) is 16.1. The second kappa shape index (κ2) is 7.02. The maximum Gasteiger partial charge on any atom is 0.216 e. The van der Waals surface area contributed by atoms with Crippen molar-refractivity contribution in [2.24, 2.45) is 5.10 Å². The molecule has 6 heteroatoms. The lowest BCUT2D eigenvalue weighted by atomic mass is 10.2. The van der Waals surface area contributed by atoms with E-state index in [9.17, 15) is 0 Å². The lowest BCUT2D eigenvalue weighted by Gasteiger charge is -2.05. The van der Waals surface area contributed by atoms with Gasteiger partial charge in [0.2, 0.25) is 4.77 Å². The number of H-pyrrole nitrogens is 1. The van der Waals surface area contributed by atoms with Crippen molar-refractivity contribution >= 4 is 18.4 Å². The third kappa shape index (κ3) is 3.54. The van der Waals surface area contributed by atoms with Crippen molar-refractivity contribution < 1.29 is 4.74 Å². The lowest BCUT2D eigenvalue weighted by molar-refractivity contribution is 0.340. The van der Waals surface area contributed by atoms with E-state index >= 15 is 0 Å². The Kier molecular flexibility index (Phi) is 4.63. The van der Waals surface area contributed by atoms with E-state index in [1.807, 2.05) is 61.5 Å². The van der Waals surface area contributed by atoms with Crippen LogP contribution in [0.5, 0.6) is 5.75 Å². The average molecular weight is 324 g/mol. The van der Waals surface area contributed by atoms with Crippen LogP contribution in [0.4, 0.5) is 0 Å². The van der Waals surface area contributed by atoms with E-state index in [0.717, 1.165) is 16.9 Å². The number of benzene rings is 2. The van der Waals surface area contributed by atoms with Gasteiger partial charge in [-0.25, -0.2) is 5.10 Å². The highest BCUT2D eigenvalue weighted by Crippen LogP contribution is 2.22. The highest BCUT2D eigenvalue weighted by atomic mass is 32.1. The molecule has 1 heterocycles. The molecule has 116 valence electrons. The Morgan fingerprint density at radius 3 is 2.83 bits per heavy atom. The predicted octanol–water partition coefficient (Wildman–Crippen LogP) is 3.89.